The third-order valence-corrected chi connectivity index (χ3v) is 2.79. The van der Waals surface area contributed by atoms with E-state index in [-0.39, 0.29) is 0 Å². The molecule has 0 radical (unpaired) electrons. The van der Waals surface area contributed by atoms with Crippen LogP contribution in [0.25, 0.3) is 0 Å². The lowest BCUT2D eigenvalue weighted by Crippen LogP contribution is -2.16. The molecule has 0 aliphatic heterocycles. The monoisotopic (exact) mass is 243 g/mol. The number of halogens is 2. The van der Waals surface area contributed by atoms with Crippen molar-refractivity contribution < 1.29 is 0 Å². The van der Waals surface area contributed by atoms with Crippen LogP contribution in [0.3, 0.4) is 0 Å². The summed E-state index contributed by atoms with van der Waals surface area (Å²) in [6, 6.07) is 1.61. The van der Waals surface area contributed by atoms with Crippen molar-refractivity contribution in [1.82, 2.24) is 4.98 Å². The van der Waals surface area contributed by atoms with Gasteiger partial charge < -0.3 is 0 Å². The molecule has 0 fully saturated rings. The highest BCUT2D eigenvalue weighted by atomic mass is 35.5. The lowest BCUT2D eigenvalue weighted by molar-refractivity contribution is 1.31. The maximum Gasteiger partial charge on any atom is 0.130 e. The fourth-order valence-corrected chi connectivity index (χ4v) is 1.68. The molecule has 1 aromatic rings. The zero-order chi connectivity index (χ0) is 10.8. The van der Waals surface area contributed by atoms with Crippen LogP contribution in [0, 0.1) is 11.5 Å². The van der Waals surface area contributed by atoms with Crippen LogP contribution in [0.2, 0.25) is 29.8 Å². The Morgan fingerprint density at radius 2 is 1.93 bits per heavy atom. The van der Waals surface area contributed by atoms with Gasteiger partial charge in [-0.05, 0) is 6.07 Å². The SMILES string of the molecule is C[Si](C)(C)C#Cc1cnc(Cl)cc1Cl. The predicted molar refractivity (Wildman–Crippen MR) is 64.5 cm³/mol. The number of aromatic nitrogens is 1. The summed E-state index contributed by atoms with van der Waals surface area (Å²) in [6.45, 7) is 6.53. The van der Waals surface area contributed by atoms with Gasteiger partial charge in [-0.3, -0.25) is 0 Å². The first-order valence-electron chi connectivity index (χ1n) is 4.23. The Balaban J connectivity index is 3.02. The van der Waals surface area contributed by atoms with Crippen LogP contribution in [0.5, 0.6) is 0 Å². The molecule has 0 aliphatic rings. The topological polar surface area (TPSA) is 12.9 Å². The molecule has 74 valence electrons. The Labute approximate surface area is 95.5 Å². The molecule has 4 heteroatoms. The van der Waals surface area contributed by atoms with Crippen molar-refractivity contribution in [3.63, 3.8) is 0 Å². The molecule has 0 N–H and O–H groups in total. The zero-order valence-corrected chi connectivity index (χ0v) is 10.9. The molecule has 1 heterocycles. The minimum absolute atomic E-state index is 0.397. The second kappa shape index (κ2) is 4.35. The van der Waals surface area contributed by atoms with Crippen LogP contribution in [-0.2, 0) is 0 Å². The molecule has 0 saturated carbocycles. The first-order chi connectivity index (χ1) is 6.38. The van der Waals surface area contributed by atoms with Crippen LogP contribution in [0.4, 0.5) is 0 Å². The van der Waals surface area contributed by atoms with Crippen LogP contribution in [-0.4, -0.2) is 13.1 Å². The van der Waals surface area contributed by atoms with Gasteiger partial charge in [-0.2, -0.15) is 0 Å². The molecule has 0 saturated heterocycles. The maximum absolute atomic E-state index is 5.95. The van der Waals surface area contributed by atoms with E-state index in [2.05, 4.69) is 36.1 Å². The highest BCUT2D eigenvalue weighted by molar-refractivity contribution is 6.83. The maximum atomic E-state index is 5.95. The molecule has 0 spiro atoms. The Morgan fingerprint density at radius 3 is 2.43 bits per heavy atom. The summed E-state index contributed by atoms with van der Waals surface area (Å²) >= 11 is 11.6. The third-order valence-electron chi connectivity index (χ3n) is 1.39. The van der Waals surface area contributed by atoms with Gasteiger partial charge >= 0.3 is 0 Å². The molecule has 14 heavy (non-hydrogen) atoms. The molecular weight excluding hydrogens is 233 g/mol. The molecule has 0 bridgehead atoms. The van der Waals surface area contributed by atoms with E-state index in [1.54, 1.807) is 12.3 Å². The van der Waals surface area contributed by atoms with Crippen LogP contribution in [0.1, 0.15) is 5.56 Å². The van der Waals surface area contributed by atoms with Gasteiger partial charge in [-0.25, -0.2) is 4.98 Å². The Bertz CT molecular complexity index is 399. The average molecular weight is 244 g/mol. The Hall–Kier alpha value is -0.493. The summed E-state index contributed by atoms with van der Waals surface area (Å²) in [5.74, 6) is 3.04. The highest BCUT2D eigenvalue weighted by Crippen LogP contribution is 2.17. The van der Waals surface area contributed by atoms with Crippen molar-refractivity contribution in [3.05, 3.63) is 28.0 Å². The summed E-state index contributed by atoms with van der Waals surface area (Å²) in [7, 11) is -1.36. The number of pyridine rings is 1. The first-order valence-corrected chi connectivity index (χ1v) is 8.48. The van der Waals surface area contributed by atoms with E-state index >= 15 is 0 Å². The van der Waals surface area contributed by atoms with Gasteiger partial charge in [0.15, 0.2) is 0 Å². The van der Waals surface area contributed by atoms with Crippen molar-refractivity contribution in [2.75, 3.05) is 0 Å². The zero-order valence-electron chi connectivity index (χ0n) is 8.36. The normalized spacial score (nSPS) is 10.6. The van der Waals surface area contributed by atoms with E-state index < -0.39 is 8.07 Å². The smallest absolute Gasteiger partial charge is 0.130 e. The van der Waals surface area contributed by atoms with Gasteiger partial charge in [0.2, 0.25) is 0 Å². The van der Waals surface area contributed by atoms with E-state index in [1.807, 2.05) is 0 Å². The number of rotatable bonds is 0. The van der Waals surface area contributed by atoms with Crippen molar-refractivity contribution in [2.45, 2.75) is 19.6 Å². The molecule has 1 nitrogen and oxygen atoms in total. The molecule has 0 atom stereocenters. The lowest BCUT2D eigenvalue weighted by atomic mass is 10.3. The Kier molecular flexibility index (Phi) is 3.60. The number of hydrogen-bond donors (Lipinski definition) is 0. The fraction of sp³-hybridized carbons (Fsp3) is 0.300. The summed E-state index contributed by atoms with van der Waals surface area (Å²) in [4.78, 5) is 3.93. The van der Waals surface area contributed by atoms with Gasteiger partial charge in [0, 0.05) is 6.20 Å². The number of hydrogen-bond acceptors (Lipinski definition) is 1. The second-order valence-electron chi connectivity index (χ2n) is 3.99. The van der Waals surface area contributed by atoms with Crippen molar-refractivity contribution in [3.8, 4) is 11.5 Å². The van der Waals surface area contributed by atoms with Gasteiger partial charge in [-0.15, -0.1) is 5.54 Å². The first kappa shape index (κ1) is 11.6. The minimum Gasteiger partial charge on any atom is -0.243 e. The van der Waals surface area contributed by atoms with Crippen molar-refractivity contribution >= 4 is 31.3 Å². The molecule has 1 aromatic heterocycles. The van der Waals surface area contributed by atoms with Crippen LogP contribution >= 0.6 is 23.2 Å². The van der Waals surface area contributed by atoms with Gasteiger partial charge in [0.1, 0.15) is 13.2 Å². The molecule has 0 amide bonds. The Morgan fingerprint density at radius 1 is 1.29 bits per heavy atom. The van der Waals surface area contributed by atoms with E-state index in [0.29, 0.717) is 10.2 Å². The summed E-state index contributed by atoms with van der Waals surface area (Å²) < 4.78 is 0. The van der Waals surface area contributed by atoms with E-state index in [1.165, 1.54) is 0 Å². The van der Waals surface area contributed by atoms with E-state index in [4.69, 9.17) is 23.2 Å². The number of nitrogens with zero attached hydrogens (tertiary/aromatic N) is 1. The predicted octanol–water partition coefficient (Wildman–Crippen LogP) is 3.62. The lowest BCUT2D eigenvalue weighted by Gasteiger charge is -2.03. The summed E-state index contributed by atoms with van der Waals surface area (Å²) in [6.07, 6.45) is 1.61. The van der Waals surface area contributed by atoms with Gasteiger partial charge in [-0.1, -0.05) is 48.8 Å². The minimum atomic E-state index is -1.36. The molecule has 0 aliphatic carbocycles. The fourth-order valence-electron chi connectivity index (χ4n) is 0.754. The van der Waals surface area contributed by atoms with E-state index in [9.17, 15) is 0 Å². The van der Waals surface area contributed by atoms with Crippen LogP contribution < -0.4 is 0 Å². The molecule has 0 unspecified atom stereocenters. The largest absolute Gasteiger partial charge is 0.243 e. The molecular formula is C10H11Cl2NSi. The van der Waals surface area contributed by atoms with Gasteiger partial charge in [0.25, 0.3) is 0 Å². The molecule has 1 rings (SSSR count). The quantitative estimate of drug-likeness (QED) is 0.386. The average Bonchev–Trinajstić information content (AvgIpc) is 2.00. The second-order valence-corrected chi connectivity index (χ2v) is 9.53. The highest BCUT2D eigenvalue weighted by Gasteiger charge is 2.08. The van der Waals surface area contributed by atoms with E-state index in [0.717, 1.165) is 5.56 Å². The standard InChI is InChI=1S/C10H11Cl2NSi/c1-14(2,3)5-4-8-7-13-10(12)6-9(8)11/h6-7H,1-3H3. The third kappa shape index (κ3) is 3.71. The summed E-state index contributed by atoms with van der Waals surface area (Å²) in [5, 5.41) is 0.962. The molecule has 0 aromatic carbocycles. The van der Waals surface area contributed by atoms with Gasteiger partial charge in [0.05, 0.1) is 10.6 Å². The van der Waals surface area contributed by atoms with Crippen molar-refractivity contribution in [2.24, 2.45) is 0 Å². The van der Waals surface area contributed by atoms with Crippen LogP contribution in [0.15, 0.2) is 12.3 Å². The van der Waals surface area contributed by atoms with Crippen molar-refractivity contribution in [1.29, 1.82) is 0 Å². The summed E-state index contributed by atoms with van der Waals surface area (Å²) in [5.41, 5.74) is 3.97.